The molecule has 0 saturated heterocycles. The van der Waals surface area contributed by atoms with Gasteiger partial charge in [0, 0.05) is 30.6 Å². The van der Waals surface area contributed by atoms with Gasteiger partial charge in [0.25, 0.3) is 11.6 Å². The molecule has 0 saturated carbocycles. The number of amides is 1. The van der Waals surface area contributed by atoms with Crippen molar-refractivity contribution in [3.8, 4) is 0 Å². The van der Waals surface area contributed by atoms with E-state index in [2.05, 4.69) is 20.6 Å². The van der Waals surface area contributed by atoms with E-state index in [-0.39, 0.29) is 17.2 Å². The number of imidazole rings is 1. The van der Waals surface area contributed by atoms with Crippen molar-refractivity contribution in [2.75, 3.05) is 17.2 Å². The number of aromatic amines is 1. The molecule has 0 fully saturated rings. The van der Waals surface area contributed by atoms with Crippen LogP contribution >= 0.6 is 0 Å². The molecule has 2 rings (SSSR count). The van der Waals surface area contributed by atoms with Gasteiger partial charge in [-0.05, 0) is 19.1 Å². The van der Waals surface area contributed by atoms with Gasteiger partial charge in [0.15, 0.2) is 0 Å². The minimum absolute atomic E-state index is 0.140. The predicted octanol–water partition coefficient (Wildman–Crippen LogP) is 2.00. The zero-order valence-electron chi connectivity index (χ0n) is 10.7. The van der Waals surface area contributed by atoms with Crippen LogP contribution in [0.4, 0.5) is 17.3 Å². The van der Waals surface area contributed by atoms with Gasteiger partial charge in [-0.15, -0.1) is 0 Å². The number of H-pyrrole nitrogens is 1. The third kappa shape index (κ3) is 2.91. The molecular formula is C12H13N5O3. The molecule has 0 spiro atoms. The highest BCUT2D eigenvalue weighted by molar-refractivity contribution is 6.04. The Bertz CT molecular complexity index is 624. The number of rotatable bonds is 5. The van der Waals surface area contributed by atoms with Crippen LogP contribution in [0.3, 0.4) is 0 Å². The van der Waals surface area contributed by atoms with Gasteiger partial charge < -0.3 is 10.3 Å². The van der Waals surface area contributed by atoms with E-state index < -0.39 is 10.8 Å². The number of benzene rings is 1. The zero-order valence-corrected chi connectivity index (χ0v) is 10.7. The second-order valence-electron chi connectivity index (χ2n) is 3.91. The second kappa shape index (κ2) is 5.83. The molecule has 2 aromatic rings. The number of nitro groups is 1. The molecule has 8 heteroatoms. The maximum absolute atomic E-state index is 11.9. The highest BCUT2D eigenvalue weighted by Crippen LogP contribution is 2.25. The highest BCUT2D eigenvalue weighted by Gasteiger charge is 2.17. The molecule has 0 atom stereocenters. The third-order valence-corrected chi connectivity index (χ3v) is 2.55. The Hall–Kier alpha value is -2.90. The first kappa shape index (κ1) is 13.5. The zero-order chi connectivity index (χ0) is 14.5. The molecule has 0 aliphatic carbocycles. The number of hydrogen-bond acceptors (Lipinski definition) is 5. The third-order valence-electron chi connectivity index (χ3n) is 2.55. The number of anilines is 2. The molecule has 104 valence electrons. The molecule has 0 bridgehead atoms. The monoisotopic (exact) mass is 275 g/mol. The summed E-state index contributed by atoms with van der Waals surface area (Å²) in [7, 11) is 0. The van der Waals surface area contributed by atoms with Crippen molar-refractivity contribution in [1.82, 2.24) is 9.97 Å². The smallest absolute Gasteiger partial charge is 0.293 e. The Morgan fingerprint density at radius 1 is 1.50 bits per heavy atom. The van der Waals surface area contributed by atoms with Crippen LogP contribution < -0.4 is 10.6 Å². The minimum atomic E-state index is -0.526. The quantitative estimate of drug-likeness (QED) is 0.570. The van der Waals surface area contributed by atoms with Crippen molar-refractivity contribution in [3.05, 3.63) is 46.3 Å². The Morgan fingerprint density at radius 2 is 2.30 bits per heavy atom. The summed E-state index contributed by atoms with van der Waals surface area (Å²) in [5.41, 5.74) is 0.431. The van der Waals surface area contributed by atoms with Crippen molar-refractivity contribution in [2.45, 2.75) is 6.92 Å². The van der Waals surface area contributed by atoms with Crippen molar-refractivity contribution >= 4 is 23.2 Å². The molecule has 0 aliphatic rings. The lowest BCUT2D eigenvalue weighted by Gasteiger charge is -2.06. The summed E-state index contributed by atoms with van der Waals surface area (Å²) in [6.45, 7) is 2.39. The average Bonchev–Trinajstić information content (AvgIpc) is 2.92. The lowest BCUT2D eigenvalue weighted by atomic mass is 10.1. The molecule has 3 N–H and O–H groups in total. The molecule has 1 aromatic carbocycles. The van der Waals surface area contributed by atoms with Crippen LogP contribution in [0.1, 0.15) is 17.3 Å². The van der Waals surface area contributed by atoms with Crippen LogP contribution in [0, 0.1) is 10.1 Å². The average molecular weight is 275 g/mol. The number of hydrogen-bond donors (Lipinski definition) is 3. The topological polar surface area (TPSA) is 113 Å². The van der Waals surface area contributed by atoms with Gasteiger partial charge in [0.05, 0.1) is 4.92 Å². The van der Waals surface area contributed by atoms with E-state index in [1.807, 2.05) is 6.92 Å². The van der Waals surface area contributed by atoms with Gasteiger partial charge in [0.2, 0.25) is 5.95 Å². The van der Waals surface area contributed by atoms with E-state index in [0.29, 0.717) is 12.2 Å². The number of aromatic nitrogens is 2. The van der Waals surface area contributed by atoms with Crippen molar-refractivity contribution in [2.24, 2.45) is 0 Å². The van der Waals surface area contributed by atoms with Crippen LogP contribution in [0.25, 0.3) is 0 Å². The summed E-state index contributed by atoms with van der Waals surface area (Å²) in [4.78, 5) is 29.0. The molecule has 0 radical (unpaired) electrons. The SMILES string of the molecule is CCNc1ccc(C(=O)Nc2ncc[nH]2)cc1[N+](=O)[O-]. The maximum atomic E-state index is 11.9. The maximum Gasteiger partial charge on any atom is 0.293 e. The van der Waals surface area contributed by atoms with Crippen LogP contribution in [-0.2, 0) is 0 Å². The number of nitrogens with zero attached hydrogens (tertiary/aromatic N) is 2. The molecule has 0 aliphatic heterocycles. The molecule has 1 aromatic heterocycles. The normalized spacial score (nSPS) is 10.1. The van der Waals surface area contributed by atoms with E-state index in [4.69, 9.17) is 0 Å². The number of nitro benzene ring substituents is 1. The Kier molecular flexibility index (Phi) is 3.94. The molecule has 8 nitrogen and oxygen atoms in total. The fourth-order valence-electron chi connectivity index (χ4n) is 1.68. The largest absolute Gasteiger partial charge is 0.380 e. The summed E-state index contributed by atoms with van der Waals surface area (Å²) in [6.07, 6.45) is 3.05. The summed E-state index contributed by atoms with van der Waals surface area (Å²) in [5, 5.41) is 16.4. The van der Waals surface area contributed by atoms with E-state index in [0.717, 1.165) is 0 Å². The first-order chi connectivity index (χ1) is 9.61. The van der Waals surface area contributed by atoms with Crippen molar-refractivity contribution < 1.29 is 9.72 Å². The van der Waals surface area contributed by atoms with E-state index >= 15 is 0 Å². The van der Waals surface area contributed by atoms with Crippen molar-refractivity contribution in [3.63, 3.8) is 0 Å². The van der Waals surface area contributed by atoms with E-state index in [1.165, 1.54) is 24.4 Å². The van der Waals surface area contributed by atoms with Crippen LogP contribution in [0.15, 0.2) is 30.6 Å². The minimum Gasteiger partial charge on any atom is -0.380 e. The second-order valence-corrected chi connectivity index (χ2v) is 3.91. The Balaban J connectivity index is 2.26. The summed E-state index contributed by atoms with van der Waals surface area (Å²) < 4.78 is 0. The molecule has 0 unspecified atom stereocenters. The molecule has 1 amide bonds. The number of carbonyl (C=O) groups excluding carboxylic acids is 1. The fraction of sp³-hybridized carbons (Fsp3) is 0.167. The highest BCUT2D eigenvalue weighted by atomic mass is 16.6. The van der Waals surface area contributed by atoms with Crippen LogP contribution in [0.5, 0.6) is 0 Å². The summed E-state index contributed by atoms with van der Waals surface area (Å²) in [6, 6.07) is 4.26. The van der Waals surface area contributed by atoms with E-state index in [9.17, 15) is 14.9 Å². The Labute approximate surface area is 114 Å². The van der Waals surface area contributed by atoms with Gasteiger partial charge in [0.1, 0.15) is 5.69 Å². The lowest BCUT2D eigenvalue weighted by Crippen LogP contribution is -2.13. The molecule has 20 heavy (non-hydrogen) atoms. The van der Waals surface area contributed by atoms with Gasteiger partial charge in [-0.25, -0.2) is 4.98 Å². The molecular weight excluding hydrogens is 262 g/mol. The van der Waals surface area contributed by atoms with Crippen LogP contribution in [0.2, 0.25) is 0 Å². The molecule has 1 heterocycles. The van der Waals surface area contributed by atoms with Crippen LogP contribution in [-0.4, -0.2) is 27.3 Å². The Morgan fingerprint density at radius 3 is 2.90 bits per heavy atom. The lowest BCUT2D eigenvalue weighted by molar-refractivity contribution is -0.384. The van der Waals surface area contributed by atoms with Gasteiger partial charge in [-0.3, -0.25) is 20.2 Å². The summed E-state index contributed by atoms with van der Waals surface area (Å²) >= 11 is 0. The number of carbonyl (C=O) groups is 1. The fourth-order valence-corrected chi connectivity index (χ4v) is 1.68. The van der Waals surface area contributed by atoms with Gasteiger partial charge in [-0.1, -0.05) is 0 Å². The number of nitrogens with one attached hydrogen (secondary N) is 3. The van der Waals surface area contributed by atoms with E-state index in [1.54, 1.807) is 6.20 Å². The predicted molar refractivity (Wildman–Crippen MR) is 73.8 cm³/mol. The van der Waals surface area contributed by atoms with Crippen molar-refractivity contribution in [1.29, 1.82) is 0 Å². The standard InChI is InChI=1S/C12H13N5O3/c1-2-13-9-4-3-8(7-10(9)17(19)20)11(18)16-12-14-5-6-15-12/h3-7,13H,2H2,1H3,(H2,14,15,16,18). The first-order valence-corrected chi connectivity index (χ1v) is 5.95. The van der Waals surface area contributed by atoms with Gasteiger partial charge in [-0.2, -0.15) is 0 Å². The van der Waals surface area contributed by atoms with Gasteiger partial charge >= 0.3 is 0 Å². The first-order valence-electron chi connectivity index (χ1n) is 5.95. The summed E-state index contributed by atoms with van der Waals surface area (Å²) in [5.74, 6) is -0.181.